The highest BCUT2D eigenvalue weighted by atomic mass is 16.4. The van der Waals surface area contributed by atoms with Crippen molar-refractivity contribution in [2.45, 2.75) is 25.0 Å². The van der Waals surface area contributed by atoms with Crippen LogP contribution < -0.4 is 10.6 Å². The molecule has 14 heavy (non-hydrogen) atoms. The van der Waals surface area contributed by atoms with Gasteiger partial charge in [0.25, 0.3) is 0 Å². The van der Waals surface area contributed by atoms with E-state index < -0.39 is 11.6 Å². The Morgan fingerprint density at radius 3 is 2.86 bits per heavy atom. The minimum Gasteiger partial charge on any atom is -0.479 e. The quantitative estimate of drug-likeness (QED) is 0.435. The summed E-state index contributed by atoms with van der Waals surface area (Å²) in [5.74, 6) is -1.33. The molecule has 4 N–H and O–H groups in total. The fourth-order valence-electron chi connectivity index (χ4n) is 1.17. The van der Waals surface area contributed by atoms with E-state index in [4.69, 9.17) is 5.11 Å². The lowest BCUT2D eigenvalue weighted by molar-refractivity contribution is -0.156. The Labute approximate surface area is 81.3 Å². The SMILES string of the molecule is CC(O)(CNC1CNC(=O)C1)C(=O)O. The summed E-state index contributed by atoms with van der Waals surface area (Å²) >= 11 is 0. The molecule has 2 atom stereocenters. The Morgan fingerprint density at radius 1 is 1.79 bits per heavy atom. The molecule has 0 aromatic rings. The number of nitrogens with one attached hydrogen (secondary N) is 2. The highest BCUT2D eigenvalue weighted by Gasteiger charge is 2.31. The normalized spacial score (nSPS) is 25.6. The van der Waals surface area contributed by atoms with E-state index in [1.54, 1.807) is 0 Å². The zero-order chi connectivity index (χ0) is 10.8. The number of carboxylic acids is 1. The molecule has 1 fully saturated rings. The molecule has 1 aliphatic rings. The highest BCUT2D eigenvalue weighted by molar-refractivity contribution is 5.79. The van der Waals surface area contributed by atoms with E-state index in [0.717, 1.165) is 0 Å². The van der Waals surface area contributed by atoms with Gasteiger partial charge in [-0.15, -0.1) is 0 Å². The number of aliphatic hydroxyl groups is 1. The van der Waals surface area contributed by atoms with E-state index in [1.807, 2.05) is 0 Å². The lowest BCUT2D eigenvalue weighted by atomic mass is 10.1. The molecule has 0 aromatic heterocycles. The number of carbonyl (C=O) groups is 2. The van der Waals surface area contributed by atoms with Crippen molar-refractivity contribution in [3.05, 3.63) is 0 Å². The van der Waals surface area contributed by atoms with Gasteiger partial charge in [0.05, 0.1) is 0 Å². The smallest absolute Gasteiger partial charge is 0.336 e. The van der Waals surface area contributed by atoms with E-state index in [2.05, 4.69) is 10.6 Å². The molecule has 0 aromatic carbocycles. The van der Waals surface area contributed by atoms with Gasteiger partial charge in [-0.25, -0.2) is 4.79 Å². The van der Waals surface area contributed by atoms with Crippen molar-refractivity contribution in [3.8, 4) is 0 Å². The first-order chi connectivity index (χ1) is 6.42. The Bertz CT molecular complexity index is 252. The molecule has 1 rings (SSSR count). The fourth-order valence-corrected chi connectivity index (χ4v) is 1.17. The van der Waals surface area contributed by atoms with Gasteiger partial charge in [0.1, 0.15) is 0 Å². The van der Waals surface area contributed by atoms with Crippen LogP contribution in [0.1, 0.15) is 13.3 Å². The van der Waals surface area contributed by atoms with Crippen molar-refractivity contribution < 1.29 is 19.8 Å². The van der Waals surface area contributed by atoms with Gasteiger partial charge in [0, 0.05) is 25.6 Å². The molecule has 0 aliphatic carbocycles. The molecule has 1 aliphatic heterocycles. The number of hydrogen-bond acceptors (Lipinski definition) is 4. The summed E-state index contributed by atoms with van der Waals surface area (Å²) < 4.78 is 0. The minimum absolute atomic E-state index is 0.0579. The second kappa shape index (κ2) is 3.93. The van der Waals surface area contributed by atoms with Gasteiger partial charge < -0.3 is 20.8 Å². The first-order valence-electron chi connectivity index (χ1n) is 4.37. The summed E-state index contributed by atoms with van der Waals surface area (Å²) in [4.78, 5) is 21.3. The third-order valence-corrected chi connectivity index (χ3v) is 2.17. The summed E-state index contributed by atoms with van der Waals surface area (Å²) in [5, 5.41) is 23.4. The maximum atomic E-state index is 10.8. The molecular weight excluding hydrogens is 188 g/mol. The van der Waals surface area contributed by atoms with Crippen LogP contribution in [-0.4, -0.2) is 46.8 Å². The van der Waals surface area contributed by atoms with Crippen LogP contribution in [0, 0.1) is 0 Å². The van der Waals surface area contributed by atoms with E-state index in [9.17, 15) is 14.7 Å². The van der Waals surface area contributed by atoms with Crippen LogP contribution in [0.15, 0.2) is 0 Å². The highest BCUT2D eigenvalue weighted by Crippen LogP contribution is 2.04. The van der Waals surface area contributed by atoms with Gasteiger partial charge in [0.2, 0.25) is 5.91 Å². The maximum absolute atomic E-state index is 10.8. The first kappa shape index (κ1) is 10.9. The number of amides is 1. The summed E-state index contributed by atoms with van der Waals surface area (Å²) in [7, 11) is 0. The molecule has 1 amide bonds. The van der Waals surface area contributed by atoms with Crippen LogP contribution in [-0.2, 0) is 9.59 Å². The average molecular weight is 202 g/mol. The lowest BCUT2D eigenvalue weighted by Crippen LogP contribution is -2.48. The minimum atomic E-state index is -1.79. The number of hydrogen-bond donors (Lipinski definition) is 4. The molecule has 1 heterocycles. The largest absolute Gasteiger partial charge is 0.479 e. The standard InChI is InChI=1S/C8H14N2O4/c1-8(14,7(12)13)4-10-5-2-6(11)9-3-5/h5,10,14H,2-4H2,1H3,(H,9,11)(H,12,13). The lowest BCUT2D eigenvalue weighted by Gasteiger charge is -2.20. The zero-order valence-corrected chi connectivity index (χ0v) is 7.91. The van der Waals surface area contributed by atoms with Gasteiger partial charge in [-0.05, 0) is 6.92 Å². The van der Waals surface area contributed by atoms with Crippen molar-refractivity contribution in [3.63, 3.8) is 0 Å². The fraction of sp³-hybridized carbons (Fsp3) is 0.750. The topological polar surface area (TPSA) is 98.7 Å². The van der Waals surface area contributed by atoms with Crippen LogP contribution in [0.25, 0.3) is 0 Å². The molecular formula is C8H14N2O4. The van der Waals surface area contributed by atoms with Gasteiger partial charge in [-0.2, -0.15) is 0 Å². The maximum Gasteiger partial charge on any atom is 0.336 e. The van der Waals surface area contributed by atoms with E-state index in [-0.39, 0.29) is 18.5 Å². The van der Waals surface area contributed by atoms with Crippen molar-refractivity contribution >= 4 is 11.9 Å². The van der Waals surface area contributed by atoms with Crippen LogP contribution in [0.5, 0.6) is 0 Å². The molecule has 6 heteroatoms. The van der Waals surface area contributed by atoms with Gasteiger partial charge >= 0.3 is 5.97 Å². The molecule has 0 bridgehead atoms. The first-order valence-corrected chi connectivity index (χ1v) is 4.37. The molecule has 2 unspecified atom stereocenters. The van der Waals surface area contributed by atoms with Crippen molar-refractivity contribution in [1.82, 2.24) is 10.6 Å². The van der Waals surface area contributed by atoms with Crippen LogP contribution in [0.3, 0.4) is 0 Å². The second-order valence-electron chi connectivity index (χ2n) is 3.67. The average Bonchev–Trinajstić information content (AvgIpc) is 2.48. The monoisotopic (exact) mass is 202 g/mol. The summed E-state index contributed by atoms with van der Waals surface area (Å²) in [6, 6.07) is -0.0895. The van der Waals surface area contributed by atoms with E-state index in [0.29, 0.717) is 13.0 Å². The van der Waals surface area contributed by atoms with Gasteiger partial charge in [0.15, 0.2) is 5.60 Å². The van der Waals surface area contributed by atoms with Crippen molar-refractivity contribution in [1.29, 1.82) is 0 Å². The van der Waals surface area contributed by atoms with Crippen LogP contribution in [0.2, 0.25) is 0 Å². The Kier molecular flexibility index (Phi) is 3.07. The summed E-state index contributed by atoms with van der Waals surface area (Å²) in [5.41, 5.74) is -1.79. The molecule has 0 saturated carbocycles. The molecule has 80 valence electrons. The van der Waals surface area contributed by atoms with E-state index in [1.165, 1.54) is 6.92 Å². The van der Waals surface area contributed by atoms with E-state index >= 15 is 0 Å². The third-order valence-electron chi connectivity index (χ3n) is 2.17. The predicted molar refractivity (Wildman–Crippen MR) is 47.7 cm³/mol. The van der Waals surface area contributed by atoms with Crippen molar-refractivity contribution in [2.24, 2.45) is 0 Å². The molecule has 0 radical (unpaired) electrons. The molecule has 6 nitrogen and oxygen atoms in total. The Morgan fingerprint density at radius 2 is 2.43 bits per heavy atom. The summed E-state index contributed by atoms with van der Waals surface area (Å²) in [6.45, 7) is 1.63. The van der Waals surface area contributed by atoms with Gasteiger partial charge in [-0.1, -0.05) is 0 Å². The summed E-state index contributed by atoms with van der Waals surface area (Å²) in [6.07, 6.45) is 0.329. The van der Waals surface area contributed by atoms with Gasteiger partial charge in [-0.3, -0.25) is 4.79 Å². The third kappa shape index (κ3) is 2.68. The number of aliphatic carboxylic acids is 1. The number of carboxylic acid groups (broad SMARTS) is 1. The molecule has 1 saturated heterocycles. The Hall–Kier alpha value is -1.14. The Balaban J connectivity index is 2.33. The zero-order valence-electron chi connectivity index (χ0n) is 7.91. The van der Waals surface area contributed by atoms with Crippen LogP contribution in [0.4, 0.5) is 0 Å². The number of carbonyl (C=O) groups excluding carboxylic acids is 1. The second-order valence-corrected chi connectivity index (χ2v) is 3.67. The molecule has 0 spiro atoms. The predicted octanol–water partition coefficient (Wildman–Crippen LogP) is -1.70. The number of rotatable bonds is 4. The van der Waals surface area contributed by atoms with Crippen LogP contribution >= 0.6 is 0 Å². The van der Waals surface area contributed by atoms with Crippen molar-refractivity contribution in [2.75, 3.05) is 13.1 Å².